The van der Waals surface area contributed by atoms with E-state index < -0.39 is 0 Å². The number of hydrogen-bond donors (Lipinski definition) is 0. The lowest BCUT2D eigenvalue weighted by molar-refractivity contribution is 0.678. The van der Waals surface area contributed by atoms with Crippen LogP contribution in [0.15, 0.2) is 29.3 Å². The molecule has 1 aliphatic rings. The monoisotopic (exact) mass is 279 g/mol. The Morgan fingerprint density at radius 3 is 2.40 bits per heavy atom. The molecule has 0 saturated carbocycles. The maximum Gasteiger partial charge on any atom is 0.0994 e. The lowest BCUT2D eigenvalue weighted by atomic mass is 9.86. The molecule has 1 aromatic heterocycles. The molecule has 0 atom stereocenters. The summed E-state index contributed by atoms with van der Waals surface area (Å²) in [4.78, 5) is 4.55. The summed E-state index contributed by atoms with van der Waals surface area (Å²) in [7, 11) is 0. The van der Waals surface area contributed by atoms with Gasteiger partial charge in [0.1, 0.15) is 0 Å². The van der Waals surface area contributed by atoms with Crippen LogP contribution in [0.5, 0.6) is 0 Å². The quantitative estimate of drug-likeness (QED) is 0.747. The van der Waals surface area contributed by atoms with Gasteiger partial charge in [-0.25, -0.2) is 0 Å². The lowest BCUT2D eigenvalue weighted by Crippen LogP contribution is -2.10. The summed E-state index contributed by atoms with van der Waals surface area (Å²) in [5.41, 5.74) is 6.29. The molecule has 2 nitrogen and oxygen atoms in total. The van der Waals surface area contributed by atoms with Crippen LogP contribution in [0.4, 0.5) is 0 Å². The van der Waals surface area contributed by atoms with Crippen molar-refractivity contribution in [2.24, 2.45) is 0 Å². The summed E-state index contributed by atoms with van der Waals surface area (Å²) in [5.74, 6) is 0. The van der Waals surface area contributed by atoms with Gasteiger partial charge < -0.3 is 12.6 Å². The minimum atomic E-state index is 0.448. The second-order valence-corrected chi connectivity index (χ2v) is 5.67. The summed E-state index contributed by atoms with van der Waals surface area (Å²) in [6.07, 6.45) is 4.24. The van der Waals surface area contributed by atoms with E-state index in [-0.39, 0.29) is 0 Å². The van der Waals surface area contributed by atoms with Gasteiger partial charge in [-0.05, 0) is 43.7 Å². The second-order valence-electron chi connectivity index (χ2n) is 5.28. The Morgan fingerprint density at radius 1 is 1.10 bits per heavy atom. The number of nitriles is 1. The van der Waals surface area contributed by atoms with Crippen molar-refractivity contribution in [1.82, 2.24) is 4.98 Å². The zero-order valence-electron chi connectivity index (χ0n) is 11.4. The zero-order valence-corrected chi connectivity index (χ0v) is 12.3. The van der Waals surface area contributed by atoms with Crippen LogP contribution >= 0.6 is 0 Å². The minimum absolute atomic E-state index is 0.448. The van der Waals surface area contributed by atoms with Gasteiger partial charge in [0.15, 0.2) is 0 Å². The molecule has 2 aromatic rings. The highest BCUT2D eigenvalue weighted by atomic mass is 32.1. The molecule has 0 fully saturated rings. The molecule has 0 radical (unpaired) electrons. The molecule has 0 unspecified atom stereocenters. The molecule has 1 heterocycles. The average Bonchev–Trinajstić information content (AvgIpc) is 2.47. The van der Waals surface area contributed by atoms with Crippen molar-refractivity contribution in [2.45, 2.75) is 37.6 Å². The van der Waals surface area contributed by atoms with Gasteiger partial charge in [-0.15, -0.1) is 0 Å². The van der Waals surface area contributed by atoms with E-state index in [4.69, 9.17) is 12.6 Å². The van der Waals surface area contributed by atoms with Gasteiger partial charge in [0, 0.05) is 5.56 Å². The number of hydrogen-bond acceptors (Lipinski definition) is 3. The average molecular weight is 279 g/mol. The van der Waals surface area contributed by atoms with Crippen molar-refractivity contribution in [3.63, 3.8) is 0 Å². The third-order valence-corrected chi connectivity index (χ3v) is 4.21. The topological polar surface area (TPSA) is 36.7 Å². The fourth-order valence-corrected chi connectivity index (χ4v) is 3.12. The standard InChI is InChI=1S/C17H16N2S/c1-11-6-8-12(9-7-11)16-14-5-3-2-4-13(14)15(10-18)17(20)19-16/h6-9H,2-5H2,1H3,(H,19,20)/p-1. The van der Waals surface area contributed by atoms with Crippen molar-refractivity contribution in [3.8, 4) is 17.3 Å². The van der Waals surface area contributed by atoms with E-state index in [2.05, 4.69) is 42.2 Å². The van der Waals surface area contributed by atoms with E-state index in [1.807, 2.05) is 0 Å². The van der Waals surface area contributed by atoms with E-state index in [1.165, 1.54) is 11.1 Å². The molecule has 0 spiro atoms. The van der Waals surface area contributed by atoms with E-state index >= 15 is 0 Å². The minimum Gasteiger partial charge on any atom is -0.759 e. The Kier molecular flexibility index (Phi) is 3.42. The van der Waals surface area contributed by atoms with Crippen LogP contribution < -0.4 is 0 Å². The number of pyridine rings is 1. The molecular formula is C17H15N2S-. The van der Waals surface area contributed by atoms with Gasteiger partial charge in [0.2, 0.25) is 0 Å². The maximum atomic E-state index is 9.32. The number of aryl methyl sites for hydroxylation is 1. The van der Waals surface area contributed by atoms with Crippen LogP contribution in [-0.2, 0) is 25.5 Å². The summed E-state index contributed by atoms with van der Waals surface area (Å²) in [6.45, 7) is 2.07. The van der Waals surface area contributed by atoms with E-state index in [0.29, 0.717) is 10.6 Å². The SMILES string of the molecule is Cc1ccc(-c2nc([S-])c(C#N)c3c2CCCC3)cc1. The second kappa shape index (κ2) is 5.22. The summed E-state index contributed by atoms with van der Waals surface area (Å²) in [5, 5.41) is 9.76. The van der Waals surface area contributed by atoms with Crippen molar-refractivity contribution >= 4 is 12.6 Å². The molecule has 0 saturated heterocycles. The number of aromatic nitrogens is 1. The van der Waals surface area contributed by atoms with Crippen LogP contribution in [0.1, 0.15) is 35.1 Å². The van der Waals surface area contributed by atoms with Crippen LogP contribution in [0, 0.1) is 18.3 Å². The Morgan fingerprint density at radius 2 is 1.75 bits per heavy atom. The predicted octanol–water partition coefficient (Wildman–Crippen LogP) is 3.71. The van der Waals surface area contributed by atoms with Gasteiger partial charge >= 0.3 is 0 Å². The number of nitrogens with zero attached hydrogens (tertiary/aromatic N) is 2. The Hall–Kier alpha value is -1.92. The molecule has 0 bridgehead atoms. The van der Waals surface area contributed by atoms with Gasteiger partial charge in [-0.3, -0.25) is 4.98 Å². The highest BCUT2D eigenvalue weighted by Crippen LogP contribution is 2.33. The first kappa shape index (κ1) is 13.1. The third kappa shape index (κ3) is 2.17. The van der Waals surface area contributed by atoms with Crippen LogP contribution in [0.2, 0.25) is 0 Å². The highest BCUT2D eigenvalue weighted by Gasteiger charge is 2.19. The van der Waals surface area contributed by atoms with E-state index in [9.17, 15) is 5.26 Å². The lowest BCUT2D eigenvalue weighted by Gasteiger charge is -2.24. The molecule has 1 aliphatic carbocycles. The van der Waals surface area contributed by atoms with E-state index in [0.717, 1.165) is 42.5 Å². The molecule has 0 aliphatic heterocycles. The van der Waals surface area contributed by atoms with Crippen molar-refractivity contribution in [2.75, 3.05) is 0 Å². The molecule has 3 heteroatoms. The molecular weight excluding hydrogens is 264 g/mol. The molecule has 100 valence electrons. The zero-order chi connectivity index (χ0) is 14.1. The highest BCUT2D eigenvalue weighted by molar-refractivity contribution is 7.58. The fourth-order valence-electron chi connectivity index (χ4n) is 2.86. The first-order chi connectivity index (χ1) is 9.70. The largest absolute Gasteiger partial charge is 0.759 e. The van der Waals surface area contributed by atoms with Crippen LogP contribution in [-0.4, -0.2) is 4.98 Å². The van der Waals surface area contributed by atoms with Crippen LogP contribution in [0.3, 0.4) is 0 Å². The maximum absolute atomic E-state index is 9.32. The summed E-state index contributed by atoms with van der Waals surface area (Å²) in [6, 6.07) is 10.6. The normalized spacial score (nSPS) is 13.6. The Labute approximate surface area is 124 Å². The predicted molar refractivity (Wildman–Crippen MR) is 81.4 cm³/mol. The van der Waals surface area contributed by atoms with Gasteiger partial charge in [-0.2, -0.15) is 5.26 Å². The third-order valence-electron chi connectivity index (χ3n) is 3.92. The van der Waals surface area contributed by atoms with Crippen molar-refractivity contribution in [3.05, 3.63) is 46.5 Å². The van der Waals surface area contributed by atoms with Crippen molar-refractivity contribution in [1.29, 1.82) is 5.26 Å². The van der Waals surface area contributed by atoms with Crippen molar-refractivity contribution < 1.29 is 0 Å². The first-order valence-corrected chi connectivity index (χ1v) is 7.31. The van der Waals surface area contributed by atoms with Gasteiger partial charge in [0.05, 0.1) is 17.3 Å². The Balaban J connectivity index is 2.24. The fraction of sp³-hybridized carbons (Fsp3) is 0.294. The number of benzene rings is 1. The number of fused-ring (bicyclic) bond motifs is 1. The number of rotatable bonds is 1. The molecule has 20 heavy (non-hydrogen) atoms. The molecule has 3 rings (SSSR count). The van der Waals surface area contributed by atoms with Crippen LogP contribution in [0.25, 0.3) is 11.3 Å². The molecule has 1 aromatic carbocycles. The molecule has 0 amide bonds. The van der Waals surface area contributed by atoms with Gasteiger partial charge in [0.25, 0.3) is 0 Å². The smallest absolute Gasteiger partial charge is 0.0994 e. The first-order valence-electron chi connectivity index (χ1n) is 6.90. The summed E-state index contributed by atoms with van der Waals surface area (Å²) < 4.78 is 0. The van der Waals surface area contributed by atoms with E-state index in [1.54, 1.807) is 0 Å². The Bertz CT molecular complexity index is 696. The van der Waals surface area contributed by atoms with Gasteiger partial charge in [-0.1, -0.05) is 34.9 Å². The summed E-state index contributed by atoms with van der Waals surface area (Å²) >= 11 is 5.32. The molecule has 0 N–H and O–H groups in total.